The van der Waals surface area contributed by atoms with Crippen LogP contribution in [-0.2, 0) is 19.5 Å². The van der Waals surface area contributed by atoms with Crippen LogP contribution in [0.5, 0.6) is 5.75 Å². The average Bonchev–Trinajstić information content (AvgIpc) is 3.27. The van der Waals surface area contributed by atoms with Crippen molar-refractivity contribution in [3.8, 4) is 16.9 Å². The molecule has 3 aromatic carbocycles. The topological polar surface area (TPSA) is 50.3 Å². The smallest absolute Gasteiger partial charge is 0.122 e. The molecule has 5 nitrogen and oxygen atoms in total. The van der Waals surface area contributed by atoms with Crippen molar-refractivity contribution in [1.29, 1.82) is 0 Å². The Labute approximate surface area is 182 Å². The molecule has 2 heterocycles. The lowest BCUT2D eigenvalue weighted by atomic mass is 10.00. The number of rotatable bonds is 6. The molecule has 1 aliphatic rings. The van der Waals surface area contributed by atoms with Gasteiger partial charge in [0.25, 0.3) is 0 Å². The van der Waals surface area contributed by atoms with E-state index in [2.05, 4.69) is 82.8 Å². The molecule has 0 saturated heterocycles. The van der Waals surface area contributed by atoms with Gasteiger partial charge in [-0.3, -0.25) is 0 Å². The Morgan fingerprint density at radius 1 is 1.03 bits per heavy atom. The molecule has 0 radical (unpaired) electrons. The molecule has 0 aliphatic carbocycles. The minimum atomic E-state index is 0.745. The Balaban J connectivity index is 1.45. The first-order valence-corrected chi connectivity index (χ1v) is 10.6. The largest absolute Gasteiger partial charge is 0.493 e. The van der Waals surface area contributed by atoms with Gasteiger partial charge in [0.05, 0.1) is 12.1 Å². The van der Waals surface area contributed by atoms with Gasteiger partial charge in [0.2, 0.25) is 0 Å². The van der Waals surface area contributed by atoms with Gasteiger partial charge in [-0.2, -0.15) is 0 Å². The Kier molecular flexibility index (Phi) is 5.26. The number of fused-ring (bicyclic) bond motifs is 2. The number of aromatic nitrogens is 2. The van der Waals surface area contributed by atoms with Crippen molar-refractivity contribution in [2.45, 2.75) is 19.5 Å². The molecule has 0 fully saturated rings. The van der Waals surface area contributed by atoms with Crippen molar-refractivity contribution in [1.82, 2.24) is 14.9 Å². The SMILES string of the molecule is CN(C)Cc1ccc(-c2ccc(NCc3cccc4c3CCO4)c3cncnc23)cc1. The molecular formula is C26H26N4O. The highest BCUT2D eigenvalue weighted by atomic mass is 16.5. The standard InChI is InChI=1S/C26H26N4O/c1-30(2)16-18-6-8-19(9-7-18)22-10-11-24(23-15-27-17-29-26(22)23)28-14-20-4-3-5-25-21(20)12-13-31-25/h3-11,15,17,28H,12-14,16H2,1-2H3. The third kappa shape index (κ3) is 3.97. The van der Waals surface area contributed by atoms with Crippen molar-refractivity contribution in [2.24, 2.45) is 0 Å². The van der Waals surface area contributed by atoms with Gasteiger partial charge in [0.1, 0.15) is 12.1 Å². The van der Waals surface area contributed by atoms with E-state index in [1.807, 2.05) is 12.3 Å². The van der Waals surface area contributed by atoms with Crippen molar-refractivity contribution in [3.05, 3.63) is 83.8 Å². The predicted octanol–water partition coefficient (Wildman–Crippen LogP) is 4.91. The van der Waals surface area contributed by atoms with Crippen LogP contribution >= 0.6 is 0 Å². The zero-order chi connectivity index (χ0) is 21.2. The normalized spacial score (nSPS) is 12.7. The first-order valence-electron chi connectivity index (χ1n) is 10.6. The van der Waals surface area contributed by atoms with E-state index < -0.39 is 0 Å². The molecule has 31 heavy (non-hydrogen) atoms. The van der Waals surface area contributed by atoms with Crippen LogP contribution in [0.4, 0.5) is 5.69 Å². The van der Waals surface area contributed by atoms with Crippen molar-refractivity contribution >= 4 is 16.6 Å². The fourth-order valence-electron chi connectivity index (χ4n) is 4.27. The van der Waals surface area contributed by atoms with E-state index in [9.17, 15) is 0 Å². The van der Waals surface area contributed by atoms with E-state index in [4.69, 9.17) is 4.74 Å². The molecule has 0 atom stereocenters. The maximum absolute atomic E-state index is 5.71. The number of hydrogen-bond donors (Lipinski definition) is 1. The third-order valence-corrected chi connectivity index (χ3v) is 5.75. The van der Waals surface area contributed by atoms with Crippen LogP contribution < -0.4 is 10.1 Å². The molecule has 5 rings (SSSR count). The summed E-state index contributed by atoms with van der Waals surface area (Å²) < 4.78 is 5.71. The van der Waals surface area contributed by atoms with Crippen LogP contribution in [0.2, 0.25) is 0 Å². The lowest BCUT2D eigenvalue weighted by Crippen LogP contribution is -2.10. The summed E-state index contributed by atoms with van der Waals surface area (Å²) in [5.41, 5.74) is 8.17. The summed E-state index contributed by atoms with van der Waals surface area (Å²) in [6.07, 6.45) is 4.49. The molecule has 1 N–H and O–H groups in total. The Morgan fingerprint density at radius 3 is 2.74 bits per heavy atom. The van der Waals surface area contributed by atoms with E-state index in [0.717, 1.165) is 59.6 Å². The van der Waals surface area contributed by atoms with Crippen LogP contribution in [0, 0.1) is 0 Å². The van der Waals surface area contributed by atoms with Gasteiger partial charge < -0.3 is 15.0 Å². The fraction of sp³-hybridized carbons (Fsp3) is 0.231. The summed E-state index contributed by atoms with van der Waals surface area (Å²) in [7, 11) is 4.17. The summed E-state index contributed by atoms with van der Waals surface area (Å²) >= 11 is 0. The highest BCUT2D eigenvalue weighted by molar-refractivity contribution is 6.00. The molecule has 1 aliphatic heterocycles. The van der Waals surface area contributed by atoms with Gasteiger partial charge in [-0.25, -0.2) is 9.97 Å². The second-order valence-corrected chi connectivity index (χ2v) is 8.23. The molecule has 0 bridgehead atoms. The van der Waals surface area contributed by atoms with E-state index in [-0.39, 0.29) is 0 Å². The van der Waals surface area contributed by atoms with Crippen LogP contribution in [0.25, 0.3) is 22.0 Å². The van der Waals surface area contributed by atoms with Crippen LogP contribution in [0.15, 0.2) is 67.1 Å². The van der Waals surface area contributed by atoms with Gasteiger partial charge in [-0.15, -0.1) is 0 Å². The van der Waals surface area contributed by atoms with E-state index in [0.29, 0.717) is 0 Å². The number of nitrogens with zero attached hydrogens (tertiary/aromatic N) is 3. The fourth-order valence-corrected chi connectivity index (χ4v) is 4.27. The quantitative estimate of drug-likeness (QED) is 0.490. The molecule has 5 heteroatoms. The Morgan fingerprint density at radius 2 is 1.90 bits per heavy atom. The first-order chi connectivity index (χ1) is 15.2. The molecule has 0 saturated carbocycles. The number of benzene rings is 3. The average molecular weight is 411 g/mol. The summed E-state index contributed by atoms with van der Waals surface area (Å²) in [6.45, 7) is 2.44. The monoisotopic (exact) mass is 410 g/mol. The van der Waals surface area contributed by atoms with Gasteiger partial charge in [-0.05, 0) is 42.9 Å². The van der Waals surface area contributed by atoms with Crippen LogP contribution in [0.3, 0.4) is 0 Å². The second-order valence-electron chi connectivity index (χ2n) is 8.23. The molecule has 0 unspecified atom stereocenters. The minimum Gasteiger partial charge on any atom is -0.493 e. The zero-order valence-electron chi connectivity index (χ0n) is 17.9. The van der Waals surface area contributed by atoms with Crippen LogP contribution in [0.1, 0.15) is 16.7 Å². The Bertz CT molecular complexity index is 1220. The lowest BCUT2D eigenvalue weighted by molar-refractivity contribution is 0.357. The van der Waals surface area contributed by atoms with Crippen molar-refractivity contribution in [3.63, 3.8) is 0 Å². The number of anilines is 1. The van der Waals surface area contributed by atoms with Gasteiger partial charge >= 0.3 is 0 Å². The molecular weight excluding hydrogens is 384 g/mol. The van der Waals surface area contributed by atoms with E-state index in [1.54, 1.807) is 6.33 Å². The summed E-state index contributed by atoms with van der Waals surface area (Å²) in [5, 5.41) is 4.63. The zero-order valence-corrected chi connectivity index (χ0v) is 17.9. The van der Waals surface area contributed by atoms with Gasteiger partial charge in [-0.1, -0.05) is 42.5 Å². The summed E-state index contributed by atoms with van der Waals surface area (Å²) in [4.78, 5) is 11.1. The lowest BCUT2D eigenvalue weighted by Gasteiger charge is -2.14. The highest BCUT2D eigenvalue weighted by Crippen LogP contribution is 2.33. The number of hydrogen-bond acceptors (Lipinski definition) is 5. The van der Waals surface area contributed by atoms with Crippen LogP contribution in [-0.4, -0.2) is 35.6 Å². The maximum Gasteiger partial charge on any atom is 0.122 e. The number of nitrogens with one attached hydrogen (secondary N) is 1. The maximum atomic E-state index is 5.71. The Hall–Kier alpha value is -3.44. The summed E-state index contributed by atoms with van der Waals surface area (Å²) in [6, 6.07) is 19.3. The molecule has 1 aromatic heterocycles. The molecule has 156 valence electrons. The molecule has 0 spiro atoms. The van der Waals surface area contributed by atoms with Crippen molar-refractivity contribution in [2.75, 3.05) is 26.0 Å². The number of ether oxygens (including phenoxy) is 1. The summed E-state index contributed by atoms with van der Waals surface area (Å²) in [5.74, 6) is 1.01. The van der Waals surface area contributed by atoms with Gasteiger partial charge in [0, 0.05) is 47.9 Å². The third-order valence-electron chi connectivity index (χ3n) is 5.75. The first kappa shape index (κ1) is 19.5. The van der Waals surface area contributed by atoms with E-state index in [1.165, 1.54) is 16.7 Å². The van der Waals surface area contributed by atoms with Gasteiger partial charge in [0.15, 0.2) is 0 Å². The van der Waals surface area contributed by atoms with E-state index >= 15 is 0 Å². The minimum absolute atomic E-state index is 0.745. The predicted molar refractivity (Wildman–Crippen MR) is 125 cm³/mol. The highest BCUT2D eigenvalue weighted by Gasteiger charge is 2.16. The molecule has 0 amide bonds. The van der Waals surface area contributed by atoms with Crippen molar-refractivity contribution < 1.29 is 4.74 Å². The molecule has 4 aromatic rings. The second kappa shape index (κ2) is 8.36.